The molecule has 0 aliphatic heterocycles. The number of alkyl halides is 3. The Kier molecular flexibility index (Phi) is 4.26. The Balaban J connectivity index is 2.52. The van der Waals surface area contributed by atoms with E-state index in [4.69, 9.17) is 4.52 Å². The second-order valence-corrected chi connectivity index (χ2v) is 6.98. The van der Waals surface area contributed by atoms with Gasteiger partial charge in [0.25, 0.3) is 10.0 Å². The summed E-state index contributed by atoms with van der Waals surface area (Å²) in [5.41, 5.74) is -1.61. The van der Waals surface area contributed by atoms with Gasteiger partial charge in [0.2, 0.25) is 0 Å². The van der Waals surface area contributed by atoms with Crippen molar-refractivity contribution >= 4 is 31.6 Å². The van der Waals surface area contributed by atoms with Crippen LogP contribution in [-0.2, 0) is 16.2 Å². The molecule has 0 fully saturated rings. The molecule has 0 amide bonds. The molecule has 0 aliphatic rings. The fourth-order valence-corrected chi connectivity index (χ4v) is 3.67. The van der Waals surface area contributed by atoms with E-state index in [-0.39, 0.29) is 20.8 Å². The van der Waals surface area contributed by atoms with Gasteiger partial charge in [0, 0.05) is 4.47 Å². The number of sulfonamides is 1. The van der Waals surface area contributed by atoms with E-state index in [0.29, 0.717) is 0 Å². The number of aryl methyl sites for hydroxylation is 2. The first-order valence-corrected chi connectivity index (χ1v) is 8.12. The van der Waals surface area contributed by atoms with Gasteiger partial charge in [-0.05, 0) is 32.0 Å². The average molecular weight is 399 g/mol. The predicted octanol–water partition coefficient (Wildman–Crippen LogP) is 3.87. The smallest absolute Gasteiger partial charge is 0.360 e. The highest BCUT2D eigenvalue weighted by atomic mass is 79.9. The normalized spacial score (nSPS) is 12.5. The van der Waals surface area contributed by atoms with Crippen molar-refractivity contribution in [1.82, 2.24) is 5.16 Å². The molecule has 1 heterocycles. The topological polar surface area (TPSA) is 72.2 Å². The summed E-state index contributed by atoms with van der Waals surface area (Å²) >= 11 is 2.93. The van der Waals surface area contributed by atoms with E-state index in [1.54, 1.807) is 0 Å². The Morgan fingerprint density at radius 3 is 2.41 bits per heavy atom. The molecule has 120 valence electrons. The molecule has 2 aromatic rings. The van der Waals surface area contributed by atoms with Crippen LogP contribution in [0.15, 0.2) is 32.1 Å². The summed E-state index contributed by atoms with van der Waals surface area (Å²) in [6, 6.07) is 3.13. The third-order valence-corrected chi connectivity index (χ3v) is 4.87. The second-order valence-electron chi connectivity index (χ2n) is 4.45. The van der Waals surface area contributed by atoms with Crippen molar-refractivity contribution in [2.45, 2.75) is 24.9 Å². The molecule has 0 saturated carbocycles. The molecule has 0 bridgehead atoms. The summed E-state index contributed by atoms with van der Waals surface area (Å²) in [7, 11) is -4.25. The van der Waals surface area contributed by atoms with Crippen LogP contribution in [0.2, 0.25) is 0 Å². The fraction of sp³-hybridized carbons (Fsp3) is 0.250. The number of hydrogen-bond donors (Lipinski definition) is 1. The molecule has 0 saturated heterocycles. The van der Waals surface area contributed by atoms with Crippen molar-refractivity contribution in [2.24, 2.45) is 0 Å². The van der Waals surface area contributed by atoms with Crippen LogP contribution in [0.25, 0.3) is 0 Å². The molecule has 5 nitrogen and oxygen atoms in total. The van der Waals surface area contributed by atoms with E-state index < -0.39 is 27.5 Å². The van der Waals surface area contributed by atoms with Gasteiger partial charge in [-0.1, -0.05) is 21.1 Å². The molecule has 22 heavy (non-hydrogen) atoms. The van der Waals surface area contributed by atoms with Gasteiger partial charge in [-0.2, -0.15) is 13.2 Å². The summed E-state index contributed by atoms with van der Waals surface area (Å²) in [5, 5.41) is 3.49. The van der Waals surface area contributed by atoms with Crippen molar-refractivity contribution in [3.63, 3.8) is 0 Å². The molecule has 0 spiro atoms. The van der Waals surface area contributed by atoms with Gasteiger partial charge in [0.15, 0.2) is 10.7 Å². The molecule has 0 unspecified atom stereocenters. The first-order valence-electron chi connectivity index (χ1n) is 5.85. The van der Waals surface area contributed by atoms with E-state index in [1.165, 1.54) is 19.9 Å². The van der Waals surface area contributed by atoms with Gasteiger partial charge in [-0.25, -0.2) is 8.42 Å². The summed E-state index contributed by atoms with van der Waals surface area (Å²) in [6.07, 6.45) is -4.71. The van der Waals surface area contributed by atoms with Crippen LogP contribution in [0, 0.1) is 13.8 Å². The van der Waals surface area contributed by atoms with Crippen molar-refractivity contribution in [3.05, 3.63) is 39.7 Å². The number of hydrogen-bond acceptors (Lipinski definition) is 4. The van der Waals surface area contributed by atoms with E-state index in [1.807, 2.05) is 4.72 Å². The predicted molar refractivity (Wildman–Crippen MR) is 75.9 cm³/mol. The van der Waals surface area contributed by atoms with Crippen LogP contribution in [0.5, 0.6) is 0 Å². The zero-order valence-electron chi connectivity index (χ0n) is 11.3. The van der Waals surface area contributed by atoms with Crippen molar-refractivity contribution < 1.29 is 26.1 Å². The number of halogens is 4. The third kappa shape index (κ3) is 3.27. The summed E-state index contributed by atoms with van der Waals surface area (Å²) in [4.78, 5) is -0.274. The van der Waals surface area contributed by atoms with Crippen molar-refractivity contribution in [3.8, 4) is 0 Å². The van der Waals surface area contributed by atoms with E-state index in [2.05, 4.69) is 21.1 Å². The highest BCUT2D eigenvalue weighted by molar-refractivity contribution is 9.10. The van der Waals surface area contributed by atoms with E-state index in [9.17, 15) is 21.6 Å². The summed E-state index contributed by atoms with van der Waals surface area (Å²) < 4.78 is 70.5. The quantitative estimate of drug-likeness (QED) is 0.851. The molecule has 10 heteroatoms. The molecule has 0 radical (unpaired) electrons. The standard InChI is InChI=1S/C12H10BrF3N2O3S/c1-6-11(7(2)21-17-6)22(19,20)18-10-4-3-8(13)5-9(10)12(14,15)16/h3-5,18H,1-2H3. The van der Waals surface area contributed by atoms with Gasteiger partial charge < -0.3 is 4.52 Å². The third-order valence-electron chi connectivity index (χ3n) is 2.77. The minimum atomic E-state index is -4.71. The number of nitrogens with one attached hydrogen (secondary N) is 1. The Labute approximate surface area is 132 Å². The van der Waals surface area contributed by atoms with Gasteiger partial charge in [0.1, 0.15) is 5.69 Å². The fourth-order valence-electron chi connectivity index (χ4n) is 1.89. The zero-order chi connectivity index (χ0) is 16.7. The summed E-state index contributed by atoms with van der Waals surface area (Å²) in [5.74, 6) is -0.00401. The lowest BCUT2D eigenvalue weighted by molar-refractivity contribution is -0.136. The van der Waals surface area contributed by atoms with Gasteiger partial charge in [0.05, 0.1) is 11.3 Å². The lowest BCUT2D eigenvalue weighted by Crippen LogP contribution is -2.18. The Hall–Kier alpha value is -1.55. The van der Waals surface area contributed by atoms with Crippen molar-refractivity contribution in [1.29, 1.82) is 0 Å². The molecule has 2 rings (SSSR count). The van der Waals surface area contributed by atoms with E-state index in [0.717, 1.165) is 12.1 Å². The molecule has 1 aromatic carbocycles. The monoisotopic (exact) mass is 398 g/mol. The second kappa shape index (κ2) is 5.58. The highest BCUT2D eigenvalue weighted by Crippen LogP contribution is 2.37. The highest BCUT2D eigenvalue weighted by Gasteiger charge is 2.35. The van der Waals surface area contributed by atoms with Crippen LogP contribution in [0.1, 0.15) is 17.0 Å². The molecular formula is C12H10BrF3N2O3S. The summed E-state index contributed by atoms with van der Waals surface area (Å²) in [6.45, 7) is 2.75. The maximum Gasteiger partial charge on any atom is 0.418 e. The molecule has 1 N–H and O–H groups in total. The van der Waals surface area contributed by atoms with Crippen LogP contribution >= 0.6 is 15.9 Å². The first-order chi connectivity index (χ1) is 10.0. The van der Waals surface area contributed by atoms with Crippen LogP contribution in [0.3, 0.4) is 0 Å². The van der Waals surface area contributed by atoms with Crippen LogP contribution in [0.4, 0.5) is 18.9 Å². The van der Waals surface area contributed by atoms with Crippen LogP contribution < -0.4 is 4.72 Å². The maximum atomic E-state index is 13.0. The maximum absolute atomic E-state index is 13.0. The number of benzene rings is 1. The lowest BCUT2D eigenvalue weighted by atomic mass is 10.2. The lowest BCUT2D eigenvalue weighted by Gasteiger charge is -2.15. The van der Waals surface area contributed by atoms with Gasteiger partial charge in [-0.3, -0.25) is 4.72 Å². The SMILES string of the molecule is Cc1noc(C)c1S(=O)(=O)Nc1ccc(Br)cc1C(F)(F)F. The minimum Gasteiger partial charge on any atom is -0.360 e. The zero-order valence-corrected chi connectivity index (χ0v) is 13.7. The van der Waals surface area contributed by atoms with Gasteiger partial charge >= 0.3 is 6.18 Å². The van der Waals surface area contributed by atoms with Crippen LogP contribution in [-0.4, -0.2) is 13.6 Å². The first kappa shape index (κ1) is 16.8. The van der Waals surface area contributed by atoms with Gasteiger partial charge in [-0.15, -0.1) is 0 Å². The molecular weight excluding hydrogens is 389 g/mol. The van der Waals surface area contributed by atoms with Crippen molar-refractivity contribution in [2.75, 3.05) is 4.72 Å². The molecule has 0 atom stereocenters. The Morgan fingerprint density at radius 1 is 1.27 bits per heavy atom. The molecule has 0 aliphatic carbocycles. The Morgan fingerprint density at radius 2 is 1.91 bits per heavy atom. The number of aromatic nitrogens is 1. The Bertz CT molecular complexity index is 796. The minimum absolute atomic E-state index is 0.00401. The largest absolute Gasteiger partial charge is 0.418 e. The molecule has 1 aromatic heterocycles. The number of nitrogens with zero attached hydrogens (tertiary/aromatic N) is 1. The van der Waals surface area contributed by atoms with E-state index >= 15 is 0 Å². The average Bonchev–Trinajstić information content (AvgIpc) is 2.70. The number of anilines is 1. The number of rotatable bonds is 3.